The van der Waals surface area contributed by atoms with Crippen LogP contribution in [0, 0.1) is 5.82 Å². The van der Waals surface area contributed by atoms with Crippen molar-refractivity contribution in [3.05, 3.63) is 41.8 Å². The van der Waals surface area contributed by atoms with E-state index in [-0.39, 0.29) is 34.0 Å². The Morgan fingerprint density at radius 1 is 1.03 bits per heavy atom. The van der Waals surface area contributed by atoms with Crippen LogP contribution in [0.5, 0.6) is 0 Å². The maximum Gasteiger partial charge on any atom is 0.459 e. The quantitative estimate of drug-likeness (QED) is 0.416. The van der Waals surface area contributed by atoms with Gasteiger partial charge in [-0.15, -0.1) is 10.2 Å². The van der Waals surface area contributed by atoms with Crippen LogP contribution in [-0.4, -0.2) is 44.1 Å². The lowest BCUT2D eigenvalue weighted by Gasteiger charge is -2.17. The molecule has 0 aliphatic carbocycles. The second-order valence-corrected chi connectivity index (χ2v) is 9.01. The molecule has 7 nitrogen and oxygen atoms in total. The molecular weight excluding hydrogens is 464 g/mol. The molecule has 0 fully saturated rings. The lowest BCUT2D eigenvalue weighted by Crippen LogP contribution is -2.34. The molecular formula is C18H13F6N5O2S. The molecule has 0 radical (unpaired) electrons. The van der Waals surface area contributed by atoms with E-state index < -0.39 is 33.6 Å². The predicted molar refractivity (Wildman–Crippen MR) is 102 cm³/mol. The Labute approximate surface area is 176 Å². The average Bonchev–Trinajstić information content (AvgIpc) is 3.24. The van der Waals surface area contributed by atoms with Gasteiger partial charge in [-0.1, -0.05) is 0 Å². The molecule has 0 saturated carbocycles. The molecule has 0 N–H and O–H groups in total. The van der Waals surface area contributed by atoms with Crippen molar-refractivity contribution in [1.82, 2.24) is 23.7 Å². The predicted octanol–water partition coefficient (Wildman–Crippen LogP) is 3.98. The molecule has 170 valence electrons. The summed E-state index contributed by atoms with van der Waals surface area (Å²) in [6.45, 7) is 1.37. The Morgan fingerprint density at radius 3 is 2.34 bits per heavy atom. The fourth-order valence-corrected chi connectivity index (χ4v) is 4.40. The number of halogens is 6. The normalized spacial score (nSPS) is 13.4. The molecule has 3 heterocycles. The number of hydrogen-bond donors (Lipinski definition) is 0. The Hall–Kier alpha value is -3.16. The number of benzene rings is 1. The van der Waals surface area contributed by atoms with Gasteiger partial charge in [0.1, 0.15) is 22.7 Å². The highest BCUT2D eigenvalue weighted by Gasteiger charge is 2.60. The zero-order valence-corrected chi connectivity index (χ0v) is 17.1. The fourth-order valence-electron chi connectivity index (χ4n) is 3.25. The number of alkyl halides is 5. The molecule has 14 heteroatoms. The molecule has 1 aromatic carbocycles. The summed E-state index contributed by atoms with van der Waals surface area (Å²) in [7, 11) is -2.63. The number of rotatable bonds is 4. The van der Waals surface area contributed by atoms with Crippen LogP contribution in [-0.2, 0) is 23.0 Å². The van der Waals surface area contributed by atoms with Crippen molar-refractivity contribution in [2.24, 2.45) is 7.05 Å². The van der Waals surface area contributed by atoms with E-state index >= 15 is 0 Å². The van der Waals surface area contributed by atoms with Crippen molar-refractivity contribution < 1.29 is 34.8 Å². The zero-order valence-electron chi connectivity index (χ0n) is 16.3. The summed E-state index contributed by atoms with van der Waals surface area (Å²) in [5.74, 6) is -6.41. The van der Waals surface area contributed by atoms with Crippen LogP contribution >= 0.6 is 0 Å². The highest BCUT2D eigenvalue weighted by Crippen LogP contribution is 2.43. The van der Waals surface area contributed by atoms with Crippen LogP contribution in [0.3, 0.4) is 0 Å². The van der Waals surface area contributed by atoms with Gasteiger partial charge in [0.25, 0.3) is 0 Å². The van der Waals surface area contributed by atoms with E-state index in [0.29, 0.717) is 11.5 Å². The summed E-state index contributed by atoms with van der Waals surface area (Å²) in [5.41, 5.74) is -2.18. The fraction of sp³-hybridized carbons (Fsp3) is 0.278. The average molecular weight is 477 g/mol. The van der Waals surface area contributed by atoms with Crippen LogP contribution < -0.4 is 0 Å². The van der Waals surface area contributed by atoms with Gasteiger partial charge in [-0.3, -0.25) is 0 Å². The molecule has 32 heavy (non-hydrogen) atoms. The Bertz CT molecular complexity index is 1470. The van der Waals surface area contributed by atoms with Crippen molar-refractivity contribution in [2.75, 3.05) is 5.75 Å². The Morgan fingerprint density at radius 2 is 1.72 bits per heavy atom. The first-order valence-corrected chi connectivity index (χ1v) is 10.6. The first-order valence-electron chi connectivity index (χ1n) is 8.97. The SMILES string of the molecule is CCS(=O)(=O)n1c(-c2nc3cc(C(F)(F)C(F)(F)F)nnc3n2C)cc2ccc(F)cc21. The van der Waals surface area contributed by atoms with Gasteiger partial charge in [0.2, 0.25) is 10.0 Å². The Kier molecular flexibility index (Phi) is 4.77. The molecule has 0 amide bonds. The molecule has 0 atom stereocenters. The van der Waals surface area contributed by atoms with Gasteiger partial charge < -0.3 is 4.57 Å². The van der Waals surface area contributed by atoms with Crippen LogP contribution in [0.15, 0.2) is 30.3 Å². The van der Waals surface area contributed by atoms with E-state index in [4.69, 9.17) is 0 Å². The number of fused-ring (bicyclic) bond motifs is 2. The third-order valence-corrected chi connectivity index (χ3v) is 6.57. The molecule has 4 rings (SSSR count). The van der Waals surface area contributed by atoms with Crippen molar-refractivity contribution in [3.63, 3.8) is 0 Å². The summed E-state index contributed by atoms with van der Waals surface area (Å²) < 4.78 is 107. The molecule has 0 aliphatic heterocycles. The van der Waals surface area contributed by atoms with Crippen LogP contribution in [0.1, 0.15) is 12.6 Å². The van der Waals surface area contributed by atoms with Gasteiger partial charge in [-0.05, 0) is 37.3 Å². The summed E-state index contributed by atoms with van der Waals surface area (Å²) in [6, 6.07) is 5.32. The smallest absolute Gasteiger partial charge is 0.309 e. The van der Waals surface area contributed by atoms with Gasteiger partial charge in [-0.2, -0.15) is 22.0 Å². The third kappa shape index (κ3) is 3.20. The molecule has 0 bridgehead atoms. The van der Waals surface area contributed by atoms with Gasteiger partial charge in [0, 0.05) is 12.4 Å². The van der Waals surface area contributed by atoms with E-state index in [1.807, 2.05) is 0 Å². The van der Waals surface area contributed by atoms with Gasteiger partial charge in [0.15, 0.2) is 11.5 Å². The number of aromatic nitrogens is 5. The topological polar surface area (TPSA) is 82.7 Å². The number of imidazole rings is 1. The first-order chi connectivity index (χ1) is 14.8. The lowest BCUT2D eigenvalue weighted by atomic mass is 10.2. The van der Waals surface area contributed by atoms with Crippen molar-refractivity contribution in [3.8, 4) is 11.5 Å². The molecule has 0 saturated heterocycles. The Balaban J connectivity index is 2.01. The van der Waals surface area contributed by atoms with E-state index in [1.165, 1.54) is 30.7 Å². The molecule has 0 spiro atoms. The standard InChI is InChI=1S/C18H13F6N5O2S/c1-3-32(30,31)29-12-7-10(19)5-4-9(12)6-13(29)16-25-11-8-14(17(20,21)18(22,23)24)26-27-15(11)28(16)2/h4-8H,3H2,1-2H3. The molecule has 0 aliphatic rings. The van der Waals surface area contributed by atoms with Crippen molar-refractivity contribution in [2.45, 2.75) is 19.0 Å². The van der Waals surface area contributed by atoms with Crippen molar-refractivity contribution >= 4 is 32.1 Å². The van der Waals surface area contributed by atoms with E-state index in [2.05, 4.69) is 15.2 Å². The minimum absolute atomic E-state index is 0.0179. The highest BCUT2D eigenvalue weighted by atomic mass is 32.2. The second kappa shape index (κ2) is 6.92. The minimum Gasteiger partial charge on any atom is -0.309 e. The largest absolute Gasteiger partial charge is 0.459 e. The number of aryl methyl sites for hydroxylation is 1. The summed E-state index contributed by atoms with van der Waals surface area (Å²) in [4.78, 5) is 4.05. The van der Waals surface area contributed by atoms with Gasteiger partial charge in [0.05, 0.1) is 11.3 Å². The summed E-state index contributed by atoms with van der Waals surface area (Å²) >= 11 is 0. The monoisotopic (exact) mass is 477 g/mol. The summed E-state index contributed by atoms with van der Waals surface area (Å²) in [6.07, 6.45) is -5.89. The molecule has 0 unspecified atom stereocenters. The second-order valence-electron chi connectivity index (χ2n) is 6.90. The summed E-state index contributed by atoms with van der Waals surface area (Å²) in [5, 5.41) is 6.79. The van der Waals surface area contributed by atoms with Crippen molar-refractivity contribution in [1.29, 1.82) is 0 Å². The maximum absolute atomic E-state index is 13.8. The highest BCUT2D eigenvalue weighted by molar-refractivity contribution is 7.90. The van der Waals surface area contributed by atoms with E-state index in [9.17, 15) is 34.8 Å². The first kappa shape index (κ1) is 22.0. The van der Waals surface area contributed by atoms with Gasteiger partial charge >= 0.3 is 12.1 Å². The zero-order chi connectivity index (χ0) is 23.6. The van der Waals surface area contributed by atoms with Crippen LogP contribution in [0.4, 0.5) is 26.3 Å². The van der Waals surface area contributed by atoms with E-state index in [1.54, 1.807) is 0 Å². The maximum atomic E-state index is 13.8. The van der Waals surface area contributed by atoms with Crippen LogP contribution in [0.25, 0.3) is 33.6 Å². The van der Waals surface area contributed by atoms with Gasteiger partial charge in [-0.25, -0.2) is 21.8 Å². The van der Waals surface area contributed by atoms with Crippen LogP contribution in [0.2, 0.25) is 0 Å². The number of hydrogen-bond acceptors (Lipinski definition) is 5. The molecule has 4 aromatic rings. The third-order valence-electron chi connectivity index (χ3n) is 4.89. The lowest BCUT2D eigenvalue weighted by molar-refractivity contribution is -0.291. The number of nitrogens with zero attached hydrogens (tertiary/aromatic N) is 5. The minimum atomic E-state index is -5.89. The molecule has 3 aromatic heterocycles. The van der Waals surface area contributed by atoms with E-state index in [0.717, 1.165) is 16.1 Å².